The van der Waals surface area contributed by atoms with Crippen molar-refractivity contribution in [3.63, 3.8) is 0 Å². The summed E-state index contributed by atoms with van der Waals surface area (Å²) in [5, 5.41) is 7.33. The molecule has 1 N–H and O–H groups in total. The third-order valence-electron chi connectivity index (χ3n) is 3.13. The summed E-state index contributed by atoms with van der Waals surface area (Å²) in [5.41, 5.74) is 0.677. The van der Waals surface area contributed by atoms with E-state index in [0.29, 0.717) is 11.5 Å². The molecule has 0 radical (unpaired) electrons. The molecule has 1 aromatic heterocycles. The monoisotopic (exact) mass is 367 g/mol. The molecule has 0 atom stereocenters. The van der Waals surface area contributed by atoms with Crippen LogP contribution in [0, 0.1) is 12.7 Å². The Hall–Kier alpha value is -2.45. The second kappa shape index (κ2) is 6.21. The van der Waals surface area contributed by atoms with E-state index in [1.54, 1.807) is 31.2 Å². The standard InChI is InChI=1S/C15H11ClFN3O3S/c1-9-18-19-15(23-9)11-4-2-3-5-14(11)20-24(21,22)10-6-7-13(17)12(16)8-10/h2-8,20H,1H3. The Morgan fingerprint density at radius 3 is 2.58 bits per heavy atom. The number of hydrogen-bond acceptors (Lipinski definition) is 5. The number of hydrogen-bond donors (Lipinski definition) is 1. The molecule has 0 fully saturated rings. The van der Waals surface area contributed by atoms with Gasteiger partial charge in [0.25, 0.3) is 10.0 Å². The number of sulfonamides is 1. The molecule has 0 spiro atoms. The van der Waals surface area contributed by atoms with Gasteiger partial charge in [0.05, 0.1) is 21.2 Å². The van der Waals surface area contributed by atoms with Crippen LogP contribution in [0.15, 0.2) is 51.8 Å². The second-order valence-electron chi connectivity index (χ2n) is 4.85. The van der Waals surface area contributed by atoms with E-state index in [0.717, 1.165) is 18.2 Å². The molecular weight excluding hydrogens is 357 g/mol. The molecule has 124 valence electrons. The zero-order valence-corrected chi connectivity index (χ0v) is 13.9. The molecule has 0 amide bonds. The Morgan fingerprint density at radius 1 is 1.17 bits per heavy atom. The average Bonchev–Trinajstić information content (AvgIpc) is 2.96. The number of aromatic nitrogens is 2. The topological polar surface area (TPSA) is 85.1 Å². The zero-order valence-electron chi connectivity index (χ0n) is 12.3. The maximum Gasteiger partial charge on any atom is 0.261 e. The van der Waals surface area contributed by atoms with E-state index in [-0.39, 0.29) is 21.5 Å². The lowest BCUT2D eigenvalue weighted by Crippen LogP contribution is -2.13. The highest BCUT2D eigenvalue weighted by atomic mass is 35.5. The highest BCUT2D eigenvalue weighted by molar-refractivity contribution is 7.92. The Balaban J connectivity index is 2.00. The van der Waals surface area contributed by atoms with Gasteiger partial charge in [-0.25, -0.2) is 12.8 Å². The van der Waals surface area contributed by atoms with E-state index in [2.05, 4.69) is 14.9 Å². The summed E-state index contributed by atoms with van der Waals surface area (Å²) in [4.78, 5) is -0.162. The van der Waals surface area contributed by atoms with Crippen LogP contribution in [0.4, 0.5) is 10.1 Å². The molecule has 0 aliphatic heterocycles. The van der Waals surface area contributed by atoms with E-state index in [1.165, 1.54) is 0 Å². The summed E-state index contributed by atoms with van der Waals surface area (Å²) in [6, 6.07) is 9.72. The Bertz CT molecular complexity index is 1000. The van der Waals surface area contributed by atoms with E-state index in [9.17, 15) is 12.8 Å². The van der Waals surface area contributed by atoms with Crippen LogP contribution < -0.4 is 4.72 Å². The first kappa shape index (κ1) is 16.4. The minimum Gasteiger partial charge on any atom is -0.421 e. The van der Waals surface area contributed by atoms with Crippen molar-refractivity contribution in [2.45, 2.75) is 11.8 Å². The molecule has 0 saturated carbocycles. The first-order valence-electron chi connectivity index (χ1n) is 6.74. The summed E-state index contributed by atoms with van der Waals surface area (Å²) in [6.45, 7) is 1.63. The third-order valence-corrected chi connectivity index (χ3v) is 4.78. The maximum absolute atomic E-state index is 13.2. The fourth-order valence-corrected chi connectivity index (χ4v) is 3.36. The van der Waals surface area contributed by atoms with E-state index in [1.807, 2.05) is 0 Å². The highest BCUT2D eigenvalue weighted by Crippen LogP contribution is 2.29. The number of rotatable bonds is 4. The molecule has 1 heterocycles. The Labute approximate surface area is 142 Å². The van der Waals surface area contributed by atoms with E-state index < -0.39 is 15.8 Å². The van der Waals surface area contributed by atoms with Crippen molar-refractivity contribution >= 4 is 27.3 Å². The first-order chi connectivity index (χ1) is 11.4. The Morgan fingerprint density at radius 2 is 1.92 bits per heavy atom. The van der Waals surface area contributed by atoms with Crippen molar-refractivity contribution in [3.8, 4) is 11.5 Å². The van der Waals surface area contributed by atoms with Crippen molar-refractivity contribution in [1.82, 2.24) is 10.2 Å². The van der Waals surface area contributed by atoms with Crippen LogP contribution in [-0.2, 0) is 10.0 Å². The van der Waals surface area contributed by atoms with Crippen LogP contribution in [0.5, 0.6) is 0 Å². The lowest BCUT2D eigenvalue weighted by atomic mass is 10.2. The number of halogens is 2. The molecule has 2 aromatic carbocycles. The van der Waals surface area contributed by atoms with Crippen LogP contribution >= 0.6 is 11.6 Å². The number of benzene rings is 2. The molecule has 0 aliphatic rings. The zero-order chi connectivity index (χ0) is 17.3. The summed E-state index contributed by atoms with van der Waals surface area (Å²) in [6.07, 6.45) is 0. The van der Waals surface area contributed by atoms with Crippen molar-refractivity contribution in [2.75, 3.05) is 4.72 Å². The maximum atomic E-state index is 13.2. The molecule has 3 rings (SSSR count). The Kier molecular flexibility index (Phi) is 4.25. The normalized spacial score (nSPS) is 11.5. The van der Waals surface area contributed by atoms with Gasteiger partial charge < -0.3 is 4.42 Å². The minimum atomic E-state index is -3.97. The van der Waals surface area contributed by atoms with Gasteiger partial charge >= 0.3 is 0 Å². The van der Waals surface area contributed by atoms with Gasteiger partial charge in [0.1, 0.15) is 5.82 Å². The molecule has 0 bridgehead atoms. The van der Waals surface area contributed by atoms with Crippen molar-refractivity contribution in [1.29, 1.82) is 0 Å². The fraction of sp³-hybridized carbons (Fsp3) is 0.0667. The summed E-state index contributed by atoms with van der Waals surface area (Å²) in [5.74, 6) is -0.159. The molecule has 0 unspecified atom stereocenters. The predicted octanol–water partition coefficient (Wildman–Crippen LogP) is 3.64. The van der Waals surface area contributed by atoms with Gasteiger partial charge in [0.15, 0.2) is 0 Å². The average molecular weight is 368 g/mol. The van der Waals surface area contributed by atoms with Gasteiger partial charge in [-0.05, 0) is 30.3 Å². The molecule has 0 aliphatic carbocycles. The van der Waals surface area contributed by atoms with Gasteiger partial charge in [-0.3, -0.25) is 4.72 Å². The van der Waals surface area contributed by atoms with Gasteiger partial charge in [-0.1, -0.05) is 23.7 Å². The highest BCUT2D eigenvalue weighted by Gasteiger charge is 2.19. The largest absolute Gasteiger partial charge is 0.421 e. The number of aryl methyl sites for hydroxylation is 1. The molecule has 0 saturated heterocycles. The molecular formula is C15H11ClFN3O3S. The van der Waals surface area contributed by atoms with E-state index in [4.69, 9.17) is 16.0 Å². The quantitative estimate of drug-likeness (QED) is 0.761. The minimum absolute atomic E-state index is 0.162. The summed E-state index contributed by atoms with van der Waals surface area (Å²) in [7, 11) is -3.97. The predicted molar refractivity (Wildman–Crippen MR) is 86.7 cm³/mol. The molecule has 24 heavy (non-hydrogen) atoms. The van der Waals surface area contributed by atoms with Crippen LogP contribution in [-0.4, -0.2) is 18.6 Å². The van der Waals surface area contributed by atoms with Crippen molar-refractivity contribution in [2.24, 2.45) is 0 Å². The van der Waals surface area contributed by atoms with Crippen molar-refractivity contribution < 1.29 is 17.2 Å². The lowest BCUT2D eigenvalue weighted by Gasteiger charge is -2.11. The van der Waals surface area contributed by atoms with Gasteiger partial charge in [0.2, 0.25) is 11.8 Å². The van der Waals surface area contributed by atoms with Gasteiger partial charge in [0, 0.05) is 6.92 Å². The second-order valence-corrected chi connectivity index (χ2v) is 6.94. The third kappa shape index (κ3) is 3.24. The van der Waals surface area contributed by atoms with Crippen molar-refractivity contribution in [3.05, 3.63) is 59.2 Å². The molecule has 9 heteroatoms. The number of para-hydroxylation sites is 1. The summed E-state index contributed by atoms with van der Waals surface area (Å²) < 4.78 is 46.0. The van der Waals surface area contributed by atoms with Crippen LogP contribution in [0.2, 0.25) is 5.02 Å². The fourth-order valence-electron chi connectivity index (χ4n) is 2.01. The SMILES string of the molecule is Cc1nnc(-c2ccccc2NS(=O)(=O)c2ccc(F)c(Cl)c2)o1. The van der Waals surface area contributed by atoms with Gasteiger partial charge in [-0.15, -0.1) is 10.2 Å². The van der Waals surface area contributed by atoms with Crippen LogP contribution in [0.25, 0.3) is 11.5 Å². The van der Waals surface area contributed by atoms with Crippen LogP contribution in [0.3, 0.4) is 0 Å². The number of nitrogens with zero attached hydrogens (tertiary/aromatic N) is 2. The number of nitrogens with one attached hydrogen (secondary N) is 1. The number of anilines is 1. The summed E-state index contributed by atoms with van der Waals surface area (Å²) >= 11 is 5.65. The van der Waals surface area contributed by atoms with E-state index >= 15 is 0 Å². The van der Waals surface area contributed by atoms with Gasteiger partial charge in [-0.2, -0.15) is 0 Å². The molecule has 3 aromatic rings. The lowest BCUT2D eigenvalue weighted by molar-refractivity contribution is 0.533. The molecule has 6 nitrogen and oxygen atoms in total. The van der Waals surface area contributed by atoms with Crippen LogP contribution in [0.1, 0.15) is 5.89 Å². The first-order valence-corrected chi connectivity index (χ1v) is 8.60. The smallest absolute Gasteiger partial charge is 0.261 e.